The maximum Gasteiger partial charge on any atom is 0.307 e. The zero-order chi connectivity index (χ0) is 15.0. The Balaban J connectivity index is 2.53. The van der Waals surface area contributed by atoms with Crippen molar-refractivity contribution in [2.24, 2.45) is 4.99 Å². The van der Waals surface area contributed by atoms with Crippen LogP contribution in [0.15, 0.2) is 29.3 Å². The molecule has 0 radical (unpaired) electrons. The van der Waals surface area contributed by atoms with E-state index in [1.165, 1.54) is 7.11 Å². The average molecular weight is 298 g/mol. The van der Waals surface area contributed by atoms with Gasteiger partial charge in [-0.3, -0.25) is 9.79 Å². The summed E-state index contributed by atoms with van der Waals surface area (Å²) in [6.07, 6.45) is 0.301. The Morgan fingerprint density at radius 2 is 2.15 bits per heavy atom. The zero-order valence-electron chi connectivity index (χ0n) is 12.0. The molecule has 0 heterocycles. The van der Waals surface area contributed by atoms with Crippen LogP contribution in [0.3, 0.4) is 0 Å². The smallest absolute Gasteiger partial charge is 0.307 e. The van der Waals surface area contributed by atoms with Crippen molar-refractivity contribution in [2.75, 3.05) is 27.7 Å². The molecule has 1 aromatic carbocycles. The summed E-state index contributed by atoms with van der Waals surface area (Å²) in [6, 6.07) is 7.68. The lowest BCUT2D eigenvalue weighted by molar-refractivity contribution is -0.140. The van der Waals surface area contributed by atoms with Crippen LogP contribution in [0.2, 0.25) is 5.02 Å². The predicted octanol–water partition coefficient (Wildman–Crippen LogP) is 1.91. The molecule has 0 aliphatic heterocycles. The van der Waals surface area contributed by atoms with Gasteiger partial charge in [0.1, 0.15) is 0 Å². The molecule has 0 saturated carbocycles. The van der Waals surface area contributed by atoms with Crippen LogP contribution in [-0.4, -0.2) is 44.6 Å². The first-order valence-corrected chi connectivity index (χ1v) is 6.68. The summed E-state index contributed by atoms with van der Waals surface area (Å²) in [5, 5.41) is 3.83. The highest BCUT2D eigenvalue weighted by molar-refractivity contribution is 6.31. The molecule has 5 nitrogen and oxygen atoms in total. The van der Waals surface area contributed by atoms with Gasteiger partial charge in [0.2, 0.25) is 0 Å². The number of ether oxygens (including phenoxy) is 1. The molecular weight excluding hydrogens is 278 g/mol. The van der Waals surface area contributed by atoms with Gasteiger partial charge < -0.3 is 15.0 Å². The van der Waals surface area contributed by atoms with E-state index in [9.17, 15) is 4.79 Å². The molecule has 0 unspecified atom stereocenters. The van der Waals surface area contributed by atoms with E-state index in [1.807, 2.05) is 36.2 Å². The van der Waals surface area contributed by atoms with Crippen molar-refractivity contribution < 1.29 is 9.53 Å². The van der Waals surface area contributed by atoms with Gasteiger partial charge in [0.15, 0.2) is 5.96 Å². The van der Waals surface area contributed by atoms with Gasteiger partial charge in [-0.2, -0.15) is 0 Å². The third kappa shape index (κ3) is 5.09. The summed E-state index contributed by atoms with van der Waals surface area (Å²) < 4.78 is 4.59. The topological polar surface area (TPSA) is 53.9 Å². The number of hydrogen-bond donors (Lipinski definition) is 1. The SMILES string of the molecule is CN=C(NCCC(=O)OC)N(C)Cc1ccccc1Cl. The van der Waals surface area contributed by atoms with Crippen molar-refractivity contribution in [3.05, 3.63) is 34.9 Å². The van der Waals surface area contributed by atoms with E-state index >= 15 is 0 Å². The fourth-order valence-corrected chi connectivity index (χ4v) is 1.92. The number of esters is 1. The second-order valence-electron chi connectivity index (χ2n) is 4.25. The highest BCUT2D eigenvalue weighted by Crippen LogP contribution is 2.16. The van der Waals surface area contributed by atoms with E-state index in [0.717, 1.165) is 10.6 Å². The van der Waals surface area contributed by atoms with Gasteiger partial charge in [-0.05, 0) is 11.6 Å². The molecule has 6 heteroatoms. The van der Waals surface area contributed by atoms with Crippen molar-refractivity contribution in [1.29, 1.82) is 0 Å². The Morgan fingerprint density at radius 3 is 2.75 bits per heavy atom. The monoisotopic (exact) mass is 297 g/mol. The molecule has 0 aliphatic rings. The van der Waals surface area contributed by atoms with E-state index in [1.54, 1.807) is 7.05 Å². The molecule has 0 aromatic heterocycles. The van der Waals surface area contributed by atoms with Crippen molar-refractivity contribution in [3.8, 4) is 0 Å². The van der Waals surface area contributed by atoms with Gasteiger partial charge >= 0.3 is 5.97 Å². The van der Waals surface area contributed by atoms with Gasteiger partial charge in [0, 0.05) is 32.2 Å². The molecule has 0 atom stereocenters. The average Bonchev–Trinajstić information content (AvgIpc) is 2.45. The molecular formula is C14H20ClN3O2. The molecule has 1 rings (SSSR count). The van der Waals surface area contributed by atoms with E-state index in [4.69, 9.17) is 11.6 Å². The second-order valence-corrected chi connectivity index (χ2v) is 4.65. The van der Waals surface area contributed by atoms with Crippen LogP contribution in [0.25, 0.3) is 0 Å². The number of hydrogen-bond acceptors (Lipinski definition) is 3. The largest absolute Gasteiger partial charge is 0.469 e. The van der Waals surface area contributed by atoms with Gasteiger partial charge in [0.25, 0.3) is 0 Å². The number of nitrogens with one attached hydrogen (secondary N) is 1. The fraction of sp³-hybridized carbons (Fsp3) is 0.429. The number of aliphatic imine (C=N–C) groups is 1. The van der Waals surface area contributed by atoms with Crippen molar-refractivity contribution in [2.45, 2.75) is 13.0 Å². The summed E-state index contributed by atoms with van der Waals surface area (Å²) >= 11 is 6.13. The van der Waals surface area contributed by atoms with Crippen LogP contribution in [0, 0.1) is 0 Å². The first kappa shape index (κ1) is 16.3. The Labute approximate surface area is 124 Å². The van der Waals surface area contributed by atoms with Crippen LogP contribution in [0.5, 0.6) is 0 Å². The van der Waals surface area contributed by atoms with Crippen molar-refractivity contribution in [1.82, 2.24) is 10.2 Å². The third-order valence-corrected chi connectivity index (χ3v) is 3.15. The minimum atomic E-state index is -0.248. The minimum Gasteiger partial charge on any atom is -0.469 e. The van der Waals surface area contributed by atoms with Crippen molar-refractivity contribution in [3.63, 3.8) is 0 Å². The van der Waals surface area contributed by atoms with Crippen LogP contribution >= 0.6 is 11.6 Å². The fourth-order valence-electron chi connectivity index (χ4n) is 1.72. The normalized spacial score (nSPS) is 11.1. The molecule has 0 fully saturated rings. The summed E-state index contributed by atoms with van der Waals surface area (Å²) in [5.74, 6) is 0.454. The number of methoxy groups -OCH3 is 1. The Kier molecular flexibility index (Phi) is 6.87. The Morgan fingerprint density at radius 1 is 1.45 bits per heavy atom. The minimum absolute atomic E-state index is 0.248. The maximum absolute atomic E-state index is 11.1. The lowest BCUT2D eigenvalue weighted by Gasteiger charge is -2.22. The number of guanidine groups is 1. The number of rotatable bonds is 5. The van der Waals surface area contributed by atoms with Crippen LogP contribution < -0.4 is 5.32 Å². The maximum atomic E-state index is 11.1. The third-order valence-electron chi connectivity index (χ3n) is 2.78. The van der Waals surface area contributed by atoms with E-state index < -0.39 is 0 Å². The highest BCUT2D eigenvalue weighted by Gasteiger charge is 2.09. The first-order chi connectivity index (χ1) is 9.58. The molecule has 0 spiro atoms. The molecule has 110 valence electrons. The van der Waals surface area contributed by atoms with Gasteiger partial charge in [-0.15, -0.1) is 0 Å². The molecule has 0 amide bonds. The Bertz CT molecular complexity index is 477. The number of halogens is 1. The lowest BCUT2D eigenvalue weighted by atomic mass is 10.2. The van der Waals surface area contributed by atoms with Gasteiger partial charge in [-0.25, -0.2) is 0 Å². The number of carbonyl (C=O) groups excluding carboxylic acids is 1. The number of carbonyl (C=O) groups is 1. The van der Waals surface area contributed by atoms with Crippen LogP contribution in [-0.2, 0) is 16.1 Å². The zero-order valence-corrected chi connectivity index (χ0v) is 12.8. The van der Waals surface area contributed by atoms with E-state index in [2.05, 4.69) is 15.0 Å². The number of nitrogens with zero attached hydrogens (tertiary/aromatic N) is 2. The van der Waals surface area contributed by atoms with Crippen LogP contribution in [0.1, 0.15) is 12.0 Å². The number of benzene rings is 1. The second kappa shape index (κ2) is 8.43. The van der Waals surface area contributed by atoms with Crippen molar-refractivity contribution >= 4 is 23.5 Å². The highest BCUT2D eigenvalue weighted by atomic mass is 35.5. The standard InChI is InChI=1S/C14H20ClN3O2/c1-16-14(17-9-8-13(19)20-3)18(2)10-11-6-4-5-7-12(11)15/h4-7H,8-10H2,1-3H3,(H,16,17). The van der Waals surface area contributed by atoms with E-state index in [0.29, 0.717) is 25.5 Å². The molecule has 0 bridgehead atoms. The lowest BCUT2D eigenvalue weighted by Crippen LogP contribution is -2.39. The van der Waals surface area contributed by atoms with Crippen LogP contribution in [0.4, 0.5) is 0 Å². The molecule has 1 aromatic rings. The Hall–Kier alpha value is -1.75. The van der Waals surface area contributed by atoms with Gasteiger partial charge in [-0.1, -0.05) is 29.8 Å². The van der Waals surface area contributed by atoms with Gasteiger partial charge in [0.05, 0.1) is 13.5 Å². The molecule has 0 saturated heterocycles. The quantitative estimate of drug-likeness (QED) is 0.512. The molecule has 0 aliphatic carbocycles. The first-order valence-electron chi connectivity index (χ1n) is 6.30. The summed E-state index contributed by atoms with van der Waals surface area (Å²) in [4.78, 5) is 17.2. The molecule has 20 heavy (non-hydrogen) atoms. The summed E-state index contributed by atoms with van der Waals surface area (Å²) in [6.45, 7) is 1.11. The molecule has 1 N–H and O–H groups in total. The summed E-state index contributed by atoms with van der Waals surface area (Å²) in [7, 11) is 4.99. The van der Waals surface area contributed by atoms with E-state index in [-0.39, 0.29) is 5.97 Å². The summed E-state index contributed by atoms with van der Waals surface area (Å²) in [5.41, 5.74) is 1.02. The predicted molar refractivity (Wildman–Crippen MR) is 80.9 cm³/mol.